The van der Waals surface area contributed by atoms with Crippen LogP contribution in [-0.4, -0.2) is 31.1 Å². The van der Waals surface area contributed by atoms with Crippen LogP contribution in [0.5, 0.6) is 0 Å². The molecule has 1 heterocycles. The van der Waals surface area contributed by atoms with Crippen LogP contribution in [0.15, 0.2) is 12.1 Å². The largest absolute Gasteiger partial charge is 0.314 e. The van der Waals surface area contributed by atoms with E-state index in [9.17, 15) is 13.2 Å². The van der Waals surface area contributed by atoms with Crippen molar-refractivity contribution in [2.75, 3.05) is 26.2 Å². The molecule has 1 N–H and O–H groups in total. The summed E-state index contributed by atoms with van der Waals surface area (Å²) in [5.41, 5.74) is 0.177. The van der Waals surface area contributed by atoms with Gasteiger partial charge in [0, 0.05) is 43.9 Å². The molecule has 126 valence electrons. The lowest BCUT2D eigenvalue weighted by Crippen LogP contribution is -2.45. The third-order valence-corrected chi connectivity index (χ3v) is 4.23. The summed E-state index contributed by atoms with van der Waals surface area (Å²) < 4.78 is 41.0. The van der Waals surface area contributed by atoms with Crippen LogP contribution < -0.4 is 5.32 Å². The number of rotatable bonds is 4. The Bertz CT molecular complexity index is 492. The molecule has 1 saturated heterocycles. The fourth-order valence-electron chi connectivity index (χ4n) is 2.95. The second-order valence-corrected chi connectivity index (χ2v) is 5.77. The van der Waals surface area contributed by atoms with Gasteiger partial charge in [0.2, 0.25) is 0 Å². The fraction of sp³-hybridized carbons (Fsp3) is 0.600. The molecule has 1 aliphatic heterocycles. The van der Waals surface area contributed by atoms with Crippen molar-refractivity contribution < 1.29 is 13.2 Å². The second-order valence-electron chi connectivity index (χ2n) is 5.77. The Kier molecular flexibility index (Phi) is 7.46. The Morgan fingerprint density at radius 1 is 1.09 bits per heavy atom. The summed E-state index contributed by atoms with van der Waals surface area (Å²) in [5.74, 6) is -2.11. The average molecular weight is 357 g/mol. The molecule has 7 heteroatoms. The minimum atomic E-state index is -1.09. The third kappa shape index (κ3) is 4.51. The van der Waals surface area contributed by atoms with Gasteiger partial charge in [0.15, 0.2) is 11.6 Å². The van der Waals surface area contributed by atoms with E-state index in [0.717, 1.165) is 51.5 Å². The molecule has 3 rings (SSSR count). The lowest BCUT2D eigenvalue weighted by Gasteiger charge is -2.35. The van der Waals surface area contributed by atoms with Gasteiger partial charge < -0.3 is 5.32 Å². The molecular formula is C15H21Cl2F3N2. The van der Waals surface area contributed by atoms with Crippen LogP contribution in [0.3, 0.4) is 0 Å². The number of piperazine rings is 1. The first-order valence-electron chi connectivity index (χ1n) is 7.24. The molecule has 2 nitrogen and oxygen atoms in total. The van der Waals surface area contributed by atoms with E-state index < -0.39 is 17.5 Å². The summed E-state index contributed by atoms with van der Waals surface area (Å²) in [7, 11) is 0. The molecule has 2 fully saturated rings. The molecule has 22 heavy (non-hydrogen) atoms. The SMILES string of the molecule is Cl.Cl.Fc1cc(F)c(F)c([C@H](CC2CC2)N2CCNCC2)c1. The van der Waals surface area contributed by atoms with Crippen LogP contribution in [0.4, 0.5) is 13.2 Å². The Labute approximate surface area is 141 Å². The second kappa shape index (κ2) is 8.39. The van der Waals surface area contributed by atoms with Gasteiger partial charge in [-0.2, -0.15) is 0 Å². The molecule has 1 aromatic rings. The summed E-state index contributed by atoms with van der Waals surface area (Å²) in [6, 6.07) is 1.56. The maximum atomic E-state index is 14.1. The predicted octanol–water partition coefficient (Wildman–Crippen LogP) is 3.69. The first kappa shape index (κ1) is 19.6. The smallest absolute Gasteiger partial charge is 0.163 e. The van der Waals surface area contributed by atoms with Crippen molar-refractivity contribution in [3.8, 4) is 0 Å². The van der Waals surface area contributed by atoms with Crippen molar-refractivity contribution in [2.24, 2.45) is 5.92 Å². The van der Waals surface area contributed by atoms with Crippen LogP contribution in [0.2, 0.25) is 0 Å². The van der Waals surface area contributed by atoms with Crippen LogP contribution in [0.1, 0.15) is 30.9 Å². The number of benzene rings is 1. The quantitative estimate of drug-likeness (QED) is 0.827. The van der Waals surface area contributed by atoms with Gasteiger partial charge in [-0.1, -0.05) is 12.8 Å². The van der Waals surface area contributed by atoms with E-state index in [2.05, 4.69) is 10.2 Å². The highest BCUT2D eigenvalue weighted by Crippen LogP contribution is 2.41. The average Bonchev–Trinajstić information content (AvgIpc) is 3.25. The fourth-order valence-corrected chi connectivity index (χ4v) is 2.95. The molecule has 0 amide bonds. The molecule has 1 aliphatic carbocycles. The van der Waals surface area contributed by atoms with Gasteiger partial charge in [0.1, 0.15) is 5.82 Å². The summed E-state index contributed by atoms with van der Waals surface area (Å²) in [6.07, 6.45) is 3.07. The number of halogens is 5. The Morgan fingerprint density at radius 2 is 1.73 bits per heavy atom. The first-order valence-corrected chi connectivity index (χ1v) is 7.24. The Morgan fingerprint density at radius 3 is 2.32 bits per heavy atom. The summed E-state index contributed by atoms with van der Waals surface area (Å²) in [4.78, 5) is 2.14. The molecule has 0 aromatic heterocycles. The predicted molar refractivity (Wildman–Crippen MR) is 85.3 cm³/mol. The summed E-state index contributed by atoms with van der Waals surface area (Å²) >= 11 is 0. The maximum absolute atomic E-state index is 14.1. The van der Waals surface area contributed by atoms with Gasteiger partial charge in [-0.25, -0.2) is 13.2 Å². The normalized spacial score (nSPS) is 20.0. The van der Waals surface area contributed by atoms with Crippen LogP contribution >= 0.6 is 24.8 Å². The standard InChI is InChI=1S/C15H19F3N2.2ClH/c16-11-8-12(15(18)13(17)9-11)14(7-10-1-2-10)20-5-3-19-4-6-20;;/h8-10,14,19H,1-7H2;2*1H/t14-;;/m0../s1. The number of hydrogen-bond acceptors (Lipinski definition) is 2. The lowest BCUT2D eigenvalue weighted by atomic mass is 9.97. The van der Waals surface area contributed by atoms with Crippen molar-refractivity contribution in [1.82, 2.24) is 10.2 Å². The van der Waals surface area contributed by atoms with Gasteiger partial charge in [-0.3, -0.25) is 4.90 Å². The molecule has 2 aliphatic rings. The van der Waals surface area contributed by atoms with Crippen molar-refractivity contribution in [2.45, 2.75) is 25.3 Å². The van der Waals surface area contributed by atoms with Crippen molar-refractivity contribution in [3.63, 3.8) is 0 Å². The van der Waals surface area contributed by atoms with E-state index in [-0.39, 0.29) is 36.4 Å². The van der Waals surface area contributed by atoms with Crippen molar-refractivity contribution in [3.05, 3.63) is 35.1 Å². The van der Waals surface area contributed by atoms with Gasteiger partial charge in [-0.05, 0) is 18.4 Å². The van der Waals surface area contributed by atoms with E-state index in [1.807, 2.05) is 0 Å². The van der Waals surface area contributed by atoms with E-state index in [0.29, 0.717) is 12.0 Å². The minimum absolute atomic E-state index is 0. The highest BCUT2D eigenvalue weighted by molar-refractivity contribution is 5.85. The van der Waals surface area contributed by atoms with Crippen molar-refractivity contribution >= 4 is 24.8 Å². The molecular weight excluding hydrogens is 336 g/mol. The molecule has 1 saturated carbocycles. The molecule has 0 radical (unpaired) electrons. The monoisotopic (exact) mass is 356 g/mol. The van der Waals surface area contributed by atoms with E-state index in [4.69, 9.17) is 0 Å². The Balaban J connectivity index is 0.00000121. The highest BCUT2D eigenvalue weighted by Gasteiger charge is 2.32. The minimum Gasteiger partial charge on any atom is -0.314 e. The van der Waals surface area contributed by atoms with Gasteiger partial charge in [0.25, 0.3) is 0 Å². The molecule has 0 spiro atoms. The first-order chi connectivity index (χ1) is 9.65. The summed E-state index contributed by atoms with van der Waals surface area (Å²) in [5, 5.41) is 3.24. The zero-order valence-corrected chi connectivity index (χ0v) is 13.8. The number of nitrogens with one attached hydrogen (secondary N) is 1. The van der Waals surface area contributed by atoms with Gasteiger partial charge in [-0.15, -0.1) is 24.8 Å². The van der Waals surface area contributed by atoms with Gasteiger partial charge in [0.05, 0.1) is 0 Å². The van der Waals surface area contributed by atoms with E-state index >= 15 is 0 Å². The summed E-state index contributed by atoms with van der Waals surface area (Å²) in [6.45, 7) is 3.24. The van der Waals surface area contributed by atoms with Crippen molar-refractivity contribution in [1.29, 1.82) is 0 Å². The lowest BCUT2D eigenvalue weighted by molar-refractivity contribution is 0.156. The third-order valence-electron chi connectivity index (χ3n) is 4.23. The zero-order chi connectivity index (χ0) is 14.1. The zero-order valence-electron chi connectivity index (χ0n) is 12.2. The molecule has 1 atom stereocenters. The van der Waals surface area contributed by atoms with Gasteiger partial charge >= 0.3 is 0 Å². The number of hydrogen-bond donors (Lipinski definition) is 1. The van der Waals surface area contributed by atoms with E-state index in [1.54, 1.807) is 0 Å². The molecule has 0 bridgehead atoms. The van der Waals surface area contributed by atoms with E-state index in [1.165, 1.54) is 0 Å². The molecule has 1 aromatic carbocycles. The topological polar surface area (TPSA) is 15.3 Å². The molecule has 0 unspecified atom stereocenters. The van der Waals surface area contributed by atoms with Crippen LogP contribution in [0, 0.1) is 23.4 Å². The van der Waals surface area contributed by atoms with Crippen LogP contribution in [0.25, 0.3) is 0 Å². The number of nitrogens with zero attached hydrogens (tertiary/aromatic N) is 1. The Hall–Kier alpha value is -0.490. The maximum Gasteiger partial charge on any atom is 0.163 e. The highest BCUT2D eigenvalue weighted by atomic mass is 35.5. The van der Waals surface area contributed by atoms with Crippen LogP contribution in [-0.2, 0) is 0 Å².